The summed E-state index contributed by atoms with van der Waals surface area (Å²) in [5.41, 5.74) is 3.28. The van der Waals surface area contributed by atoms with Crippen LogP contribution in [0.5, 0.6) is 5.75 Å². The molecule has 1 amide bonds. The van der Waals surface area contributed by atoms with Crippen molar-refractivity contribution in [3.8, 4) is 5.75 Å². The maximum atomic E-state index is 11.8. The molecule has 22 heavy (non-hydrogen) atoms. The highest BCUT2D eigenvalue weighted by atomic mass is 16.6. The molecule has 1 fully saturated rings. The summed E-state index contributed by atoms with van der Waals surface area (Å²) in [5.74, 6) is 1.87. The molecule has 116 valence electrons. The zero-order valence-corrected chi connectivity index (χ0v) is 12.7. The Balaban J connectivity index is 1.33. The van der Waals surface area contributed by atoms with Crippen LogP contribution in [0.4, 0.5) is 0 Å². The van der Waals surface area contributed by atoms with Gasteiger partial charge in [-0.15, -0.1) is 0 Å². The monoisotopic (exact) mass is 300 g/mol. The number of nitrogens with one attached hydrogen (secondary N) is 1. The number of hydrogen-bond acceptors (Lipinski definition) is 4. The number of oxime groups is 1. The Hall–Kier alpha value is -2.04. The van der Waals surface area contributed by atoms with Crippen molar-refractivity contribution in [2.24, 2.45) is 17.0 Å². The quantitative estimate of drug-likeness (QED) is 0.923. The molecule has 2 aliphatic heterocycles. The molecule has 1 aliphatic carbocycles. The number of rotatable bonds is 4. The first-order chi connectivity index (χ1) is 10.7. The van der Waals surface area contributed by atoms with Gasteiger partial charge in [0, 0.05) is 18.8 Å². The second-order valence-corrected chi connectivity index (χ2v) is 6.46. The van der Waals surface area contributed by atoms with E-state index >= 15 is 0 Å². The number of carbonyl (C=O) groups is 1. The molecule has 0 radical (unpaired) electrons. The third kappa shape index (κ3) is 2.56. The summed E-state index contributed by atoms with van der Waals surface area (Å²) < 4.78 is 5.52. The molecule has 3 atom stereocenters. The maximum absolute atomic E-state index is 11.8. The molecule has 4 rings (SSSR count). The van der Waals surface area contributed by atoms with Gasteiger partial charge in [-0.05, 0) is 41.7 Å². The highest BCUT2D eigenvalue weighted by molar-refractivity contribution is 6.01. The van der Waals surface area contributed by atoms with Gasteiger partial charge in [-0.2, -0.15) is 0 Å². The summed E-state index contributed by atoms with van der Waals surface area (Å²) in [4.78, 5) is 17.3. The van der Waals surface area contributed by atoms with Gasteiger partial charge < -0.3 is 14.9 Å². The molecule has 1 N–H and O–H groups in total. The number of nitrogens with zero attached hydrogens (tertiary/aromatic N) is 1. The largest absolute Gasteiger partial charge is 0.493 e. The zero-order chi connectivity index (χ0) is 15.1. The van der Waals surface area contributed by atoms with Crippen LogP contribution in [0.3, 0.4) is 0 Å². The molecule has 2 heterocycles. The third-order valence-corrected chi connectivity index (χ3v) is 4.71. The van der Waals surface area contributed by atoms with E-state index in [1.54, 1.807) is 0 Å². The van der Waals surface area contributed by atoms with Gasteiger partial charge in [0.1, 0.15) is 11.9 Å². The summed E-state index contributed by atoms with van der Waals surface area (Å²) in [5, 5.41) is 7.16. The Kier molecular flexibility index (Phi) is 3.28. The van der Waals surface area contributed by atoms with E-state index in [-0.39, 0.29) is 17.9 Å². The normalized spacial score (nSPS) is 28.4. The fourth-order valence-corrected chi connectivity index (χ4v) is 3.11. The molecule has 0 spiro atoms. The fraction of sp³-hybridized carbons (Fsp3) is 0.529. The van der Waals surface area contributed by atoms with Crippen LogP contribution >= 0.6 is 0 Å². The van der Waals surface area contributed by atoms with E-state index in [1.807, 2.05) is 12.1 Å². The zero-order valence-electron chi connectivity index (χ0n) is 12.7. The van der Waals surface area contributed by atoms with E-state index in [0.29, 0.717) is 12.5 Å². The third-order valence-electron chi connectivity index (χ3n) is 4.71. The molecule has 1 aromatic rings. The van der Waals surface area contributed by atoms with Crippen LogP contribution in [-0.4, -0.2) is 30.9 Å². The lowest BCUT2D eigenvalue weighted by molar-refractivity contribution is -0.123. The predicted octanol–water partition coefficient (Wildman–Crippen LogP) is 1.89. The smallest absolute Gasteiger partial charge is 0.223 e. The van der Waals surface area contributed by atoms with E-state index in [2.05, 4.69) is 23.5 Å². The number of hydrogen-bond donors (Lipinski definition) is 1. The van der Waals surface area contributed by atoms with Crippen LogP contribution in [0.1, 0.15) is 30.9 Å². The standard InChI is InChI=1S/C17H20N2O3/c1-10-6-14(10)17(20)18-9-13-8-15(19-22-13)11-2-3-16-12(7-11)4-5-21-16/h2-3,7,10,13-14H,4-6,8-9H2,1H3,(H,18,20)/t10-,13-,14-/m1/s1. The first-order valence-electron chi connectivity index (χ1n) is 7.97. The minimum Gasteiger partial charge on any atom is -0.493 e. The first kappa shape index (κ1) is 13.6. The molecule has 0 bridgehead atoms. The van der Waals surface area contributed by atoms with E-state index in [0.717, 1.165) is 42.9 Å². The SMILES string of the molecule is C[C@@H]1C[C@H]1C(=O)NC[C@H]1CC(c2ccc3c(c2)CCO3)=NO1. The minimum absolute atomic E-state index is 0.0579. The van der Waals surface area contributed by atoms with Crippen LogP contribution in [0, 0.1) is 11.8 Å². The van der Waals surface area contributed by atoms with E-state index in [4.69, 9.17) is 9.57 Å². The van der Waals surface area contributed by atoms with Crippen molar-refractivity contribution in [1.82, 2.24) is 5.32 Å². The second kappa shape index (κ2) is 5.30. The molecule has 5 nitrogen and oxygen atoms in total. The van der Waals surface area contributed by atoms with Gasteiger partial charge in [0.05, 0.1) is 18.9 Å². The molecule has 0 unspecified atom stereocenters. The predicted molar refractivity (Wildman–Crippen MR) is 81.9 cm³/mol. The van der Waals surface area contributed by atoms with E-state index < -0.39 is 0 Å². The van der Waals surface area contributed by atoms with Crippen molar-refractivity contribution in [2.75, 3.05) is 13.2 Å². The summed E-state index contributed by atoms with van der Waals surface area (Å²) >= 11 is 0. The van der Waals surface area contributed by atoms with E-state index in [9.17, 15) is 4.79 Å². The topological polar surface area (TPSA) is 59.9 Å². The number of benzene rings is 1. The number of amides is 1. The number of carbonyl (C=O) groups excluding carboxylic acids is 1. The number of ether oxygens (including phenoxy) is 1. The van der Waals surface area contributed by atoms with E-state index in [1.165, 1.54) is 5.56 Å². The molecule has 0 aromatic heterocycles. The van der Waals surface area contributed by atoms with Gasteiger partial charge in [-0.1, -0.05) is 12.1 Å². The summed E-state index contributed by atoms with van der Waals surface area (Å²) in [6.45, 7) is 3.40. The highest BCUT2D eigenvalue weighted by Gasteiger charge is 2.39. The van der Waals surface area contributed by atoms with Gasteiger partial charge in [0.2, 0.25) is 5.91 Å². The van der Waals surface area contributed by atoms with Gasteiger partial charge in [0.25, 0.3) is 0 Å². The molecule has 0 saturated heterocycles. The lowest BCUT2D eigenvalue weighted by Crippen LogP contribution is -2.33. The first-order valence-corrected chi connectivity index (χ1v) is 7.97. The Morgan fingerprint density at radius 1 is 1.45 bits per heavy atom. The van der Waals surface area contributed by atoms with Gasteiger partial charge >= 0.3 is 0 Å². The molecular formula is C17H20N2O3. The van der Waals surface area contributed by atoms with Crippen molar-refractivity contribution in [1.29, 1.82) is 0 Å². The minimum atomic E-state index is -0.0579. The average Bonchev–Trinajstić information content (AvgIpc) is 2.96. The second-order valence-electron chi connectivity index (χ2n) is 6.46. The van der Waals surface area contributed by atoms with Gasteiger partial charge in [0.15, 0.2) is 0 Å². The van der Waals surface area contributed by atoms with Crippen molar-refractivity contribution < 1.29 is 14.4 Å². The molecule has 1 aromatic carbocycles. The van der Waals surface area contributed by atoms with Crippen molar-refractivity contribution in [3.05, 3.63) is 29.3 Å². The van der Waals surface area contributed by atoms with Gasteiger partial charge in [-0.3, -0.25) is 4.79 Å². The summed E-state index contributed by atoms with van der Waals surface area (Å²) in [6, 6.07) is 6.17. The van der Waals surface area contributed by atoms with Crippen LogP contribution in [0.15, 0.2) is 23.4 Å². The lowest BCUT2D eigenvalue weighted by atomic mass is 10.0. The summed E-state index contributed by atoms with van der Waals surface area (Å²) in [7, 11) is 0. The Morgan fingerprint density at radius 3 is 3.14 bits per heavy atom. The highest BCUT2D eigenvalue weighted by Crippen LogP contribution is 2.37. The number of fused-ring (bicyclic) bond motifs is 1. The van der Waals surface area contributed by atoms with Crippen LogP contribution < -0.4 is 10.1 Å². The van der Waals surface area contributed by atoms with Gasteiger partial charge in [-0.25, -0.2) is 0 Å². The fourth-order valence-electron chi connectivity index (χ4n) is 3.11. The maximum Gasteiger partial charge on any atom is 0.223 e. The van der Waals surface area contributed by atoms with Crippen molar-refractivity contribution >= 4 is 11.6 Å². The summed E-state index contributed by atoms with van der Waals surface area (Å²) in [6.07, 6.45) is 2.64. The van der Waals surface area contributed by atoms with Crippen LogP contribution in [-0.2, 0) is 16.1 Å². The Morgan fingerprint density at radius 2 is 2.32 bits per heavy atom. The average molecular weight is 300 g/mol. The molecule has 3 aliphatic rings. The van der Waals surface area contributed by atoms with Crippen LogP contribution in [0.25, 0.3) is 0 Å². The van der Waals surface area contributed by atoms with Crippen molar-refractivity contribution in [2.45, 2.75) is 32.3 Å². The Labute approximate surface area is 129 Å². The Bertz CT molecular complexity index is 641. The lowest BCUT2D eigenvalue weighted by Gasteiger charge is -2.09. The molecule has 1 saturated carbocycles. The van der Waals surface area contributed by atoms with Crippen LogP contribution in [0.2, 0.25) is 0 Å². The molecule has 5 heteroatoms. The molecular weight excluding hydrogens is 280 g/mol. The van der Waals surface area contributed by atoms with Crippen molar-refractivity contribution in [3.63, 3.8) is 0 Å².